The van der Waals surface area contributed by atoms with Gasteiger partial charge in [-0.25, -0.2) is 4.79 Å². The molecule has 1 aromatic rings. The second kappa shape index (κ2) is 5.47. The Labute approximate surface area is 113 Å². The molecule has 104 valence electrons. The van der Waals surface area contributed by atoms with Gasteiger partial charge in [0.05, 0.1) is 0 Å². The highest BCUT2D eigenvalue weighted by atomic mass is 16.5. The molecule has 1 aliphatic heterocycles. The van der Waals surface area contributed by atoms with E-state index in [1.807, 2.05) is 13.0 Å². The Hall–Kier alpha value is -1.78. The zero-order chi connectivity index (χ0) is 14.0. The van der Waals surface area contributed by atoms with E-state index in [1.165, 1.54) is 0 Å². The third-order valence-corrected chi connectivity index (χ3v) is 3.63. The lowest BCUT2D eigenvalue weighted by atomic mass is 10.3. The van der Waals surface area contributed by atoms with Gasteiger partial charge in [0.2, 0.25) is 0 Å². The van der Waals surface area contributed by atoms with E-state index < -0.39 is 12.1 Å². The molecule has 0 spiro atoms. The molecule has 1 unspecified atom stereocenters. The Balaban J connectivity index is 1.98. The molecule has 5 heteroatoms. The summed E-state index contributed by atoms with van der Waals surface area (Å²) in [6, 6.07) is 3.56. The van der Waals surface area contributed by atoms with Crippen molar-refractivity contribution in [2.24, 2.45) is 7.05 Å². The second-order valence-electron chi connectivity index (χ2n) is 5.00. The van der Waals surface area contributed by atoms with Crippen molar-refractivity contribution in [3.05, 3.63) is 23.5 Å². The van der Waals surface area contributed by atoms with Gasteiger partial charge in [-0.3, -0.25) is 4.79 Å². The van der Waals surface area contributed by atoms with E-state index in [0.717, 1.165) is 31.6 Å². The van der Waals surface area contributed by atoms with E-state index in [1.54, 1.807) is 29.5 Å². The van der Waals surface area contributed by atoms with Crippen LogP contribution in [0.2, 0.25) is 0 Å². The molecule has 0 bridgehead atoms. The highest BCUT2D eigenvalue weighted by Crippen LogP contribution is 2.13. The fraction of sp³-hybridized carbons (Fsp3) is 0.571. The van der Waals surface area contributed by atoms with Crippen LogP contribution in [0.5, 0.6) is 0 Å². The van der Waals surface area contributed by atoms with Crippen LogP contribution in [0, 0.1) is 6.92 Å². The van der Waals surface area contributed by atoms with Crippen molar-refractivity contribution in [1.29, 1.82) is 0 Å². The first kappa shape index (κ1) is 13.6. The number of rotatable bonds is 3. The lowest BCUT2D eigenvalue weighted by Gasteiger charge is -2.20. The highest BCUT2D eigenvalue weighted by molar-refractivity contribution is 5.91. The van der Waals surface area contributed by atoms with Crippen LogP contribution in [0.1, 0.15) is 35.9 Å². The molecule has 0 N–H and O–H groups in total. The minimum atomic E-state index is -0.721. The van der Waals surface area contributed by atoms with Gasteiger partial charge in [0.1, 0.15) is 5.69 Å². The lowest BCUT2D eigenvalue weighted by molar-refractivity contribution is -0.138. The van der Waals surface area contributed by atoms with Crippen molar-refractivity contribution in [3.63, 3.8) is 0 Å². The SMILES string of the molecule is Cc1ccc(C(=O)OC(C)C(=O)N2CCCC2)n1C. The van der Waals surface area contributed by atoms with Crippen LogP contribution >= 0.6 is 0 Å². The second-order valence-corrected chi connectivity index (χ2v) is 5.00. The molecule has 1 aliphatic rings. The summed E-state index contributed by atoms with van der Waals surface area (Å²) in [7, 11) is 1.80. The molecular weight excluding hydrogens is 244 g/mol. The first-order valence-corrected chi connectivity index (χ1v) is 6.63. The number of esters is 1. The maximum atomic E-state index is 12.0. The molecule has 0 aromatic carbocycles. The molecule has 1 aromatic heterocycles. The summed E-state index contributed by atoms with van der Waals surface area (Å²) in [5.41, 5.74) is 1.45. The van der Waals surface area contributed by atoms with Gasteiger partial charge in [-0.15, -0.1) is 0 Å². The number of carbonyl (C=O) groups is 2. The van der Waals surface area contributed by atoms with E-state index in [-0.39, 0.29) is 5.91 Å². The zero-order valence-corrected chi connectivity index (χ0v) is 11.7. The summed E-state index contributed by atoms with van der Waals surface area (Å²) in [5.74, 6) is -0.549. The fourth-order valence-corrected chi connectivity index (χ4v) is 2.28. The molecular formula is C14H20N2O3. The van der Waals surface area contributed by atoms with Crippen molar-refractivity contribution in [3.8, 4) is 0 Å². The summed E-state index contributed by atoms with van der Waals surface area (Å²) in [6.45, 7) is 5.08. The van der Waals surface area contributed by atoms with Crippen molar-refractivity contribution in [2.75, 3.05) is 13.1 Å². The normalized spacial score (nSPS) is 16.5. The number of aromatic nitrogens is 1. The molecule has 1 atom stereocenters. The topological polar surface area (TPSA) is 51.5 Å². The minimum Gasteiger partial charge on any atom is -0.448 e. The summed E-state index contributed by atoms with van der Waals surface area (Å²) in [4.78, 5) is 25.8. The van der Waals surface area contributed by atoms with Gasteiger partial charge in [0.15, 0.2) is 6.10 Å². The van der Waals surface area contributed by atoms with Crippen LogP contribution in [-0.4, -0.2) is 40.5 Å². The van der Waals surface area contributed by atoms with Crippen LogP contribution < -0.4 is 0 Å². The molecule has 19 heavy (non-hydrogen) atoms. The van der Waals surface area contributed by atoms with Crippen LogP contribution in [0.25, 0.3) is 0 Å². The molecule has 5 nitrogen and oxygen atoms in total. The van der Waals surface area contributed by atoms with Gasteiger partial charge in [-0.1, -0.05) is 0 Å². The van der Waals surface area contributed by atoms with Crippen LogP contribution in [0.15, 0.2) is 12.1 Å². The number of nitrogens with zero attached hydrogens (tertiary/aromatic N) is 2. The molecule has 0 aliphatic carbocycles. The predicted molar refractivity (Wildman–Crippen MR) is 70.8 cm³/mol. The number of aryl methyl sites for hydroxylation is 1. The van der Waals surface area contributed by atoms with Crippen LogP contribution in [0.3, 0.4) is 0 Å². The molecule has 1 saturated heterocycles. The minimum absolute atomic E-state index is 0.100. The smallest absolute Gasteiger partial charge is 0.355 e. The Morgan fingerprint density at radius 1 is 1.26 bits per heavy atom. The Bertz CT molecular complexity index is 487. The molecule has 2 heterocycles. The average Bonchev–Trinajstić information content (AvgIpc) is 3.00. The van der Waals surface area contributed by atoms with Gasteiger partial charge in [0.25, 0.3) is 5.91 Å². The van der Waals surface area contributed by atoms with E-state index >= 15 is 0 Å². The summed E-state index contributed by atoms with van der Waals surface area (Å²) in [6.07, 6.45) is 1.34. The number of carbonyl (C=O) groups excluding carboxylic acids is 2. The first-order chi connectivity index (χ1) is 9.00. The van der Waals surface area contributed by atoms with E-state index in [0.29, 0.717) is 5.69 Å². The average molecular weight is 264 g/mol. The predicted octanol–water partition coefficient (Wildman–Crippen LogP) is 1.50. The monoisotopic (exact) mass is 264 g/mol. The quantitative estimate of drug-likeness (QED) is 0.777. The summed E-state index contributed by atoms with van der Waals surface area (Å²) in [5, 5.41) is 0. The number of hydrogen-bond donors (Lipinski definition) is 0. The molecule has 1 amide bonds. The van der Waals surface area contributed by atoms with Gasteiger partial charge in [-0.05, 0) is 38.8 Å². The largest absolute Gasteiger partial charge is 0.448 e. The van der Waals surface area contributed by atoms with Crippen LogP contribution in [-0.2, 0) is 16.6 Å². The van der Waals surface area contributed by atoms with E-state index in [9.17, 15) is 9.59 Å². The van der Waals surface area contributed by atoms with E-state index in [4.69, 9.17) is 4.74 Å². The summed E-state index contributed by atoms with van der Waals surface area (Å²) < 4.78 is 7.01. The molecule has 0 radical (unpaired) electrons. The Kier molecular flexibility index (Phi) is 3.93. The van der Waals surface area contributed by atoms with Gasteiger partial charge >= 0.3 is 5.97 Å². The number of hydrogen-bond acceptors (Lipinski definition) is 3. The molecule has 1 fully saturated rings. The molecule has 2 rings (SSSR count). The van der Waals surface area contributed by atoms with Gasteiger partial charge in [-0.2, -0.15) is 0 Å². The zero-order valence-electron chi connectivity index (χ0n) is 11.7. The van der Waals surface area contributed by atoms with Crippen molar-refractivity contribution in [2.45, 2.75) is 32.8 Å². The van der Waals surface area contributed by atoms with Crippen molar-refractivity contribution in [1.82, 2.24) is 9.47 Å². The van der Waals surface area contributed by atoms with E-state index in [2.05, 4.69) is 0 Å². The maximum absolute atomic E-state index is 12.0. The highest BCUT2D eigenvalue weighted by Gasteiger charge is 2.26. The first-order valence-electron chi connectivity index (χ1n) is 6.63. The standard InChI is InChI=1S/C14H20N2O3/c1-10-6-7-12(15(10)3)14(18)19-11(2)13(17)16-8-4-5-9-16/h6-7,11H,4-5,8-9H2,1-3H3. The van der Waals surface area contributed by atoms with Crippen molar-refractivity contribution < 1.29 is 14.3 Å². The number of likely N-dealkylation sites (tertiary alicyclic amines) is 1. The van der Waals surface area contributed by atoms with Gasteiger partial charge in [0, 0.05) is 25.8 Å². The van der Waals surface area contributed by atoms with Crippen LogP contribution in [0.4, 0.5) is 0 Å². The lowest BCUT2D eigenvalue weighted by Crippen LogP contribution is -2.38. The fourth-order valence-electron chi connectivity index (χ4n) is 2.28. The Morgan fingerprint density at radius 3 is 2.42 bits per heavy atom. The number of ether oxygens (including phenoxy) is 1. The Morgan fingerprint density at radius 2 is 1.89 bits per heavy atom. The number of amides is 1. The van der Waals surface area contributed by atoms with Gasteiger partial charge < -0.3 is 14.2 Å². The third-order valence-electron chi connectivity index (χ3n) is 3.63. The van der Waals surface area contributed by atoms with Crippen molar-refractivity contribution >= 4 is 11.9 Å². The maximum Gasteiger partial charge on any atom is 0.355 e. The molecule has 0 saturated carbocycles. The summed E-state index contributed by atoms with van der Waals surface area (Å²) >= 11 is 0. The third kappa shape index (κ3) is 2.80.